The summed E-state index contributed by atoms with van der Waals surface area (Å²) in [6.07, 6.45) is 6.64. The molecule has 0 spiro atoms. The van der Waals surface area contributed by atoms with E-state index in [2.05, 4.69) is 23.1 Å². The molecule has 1 aromatic heterocycles. The molecule has 1 heterocycles. The lowest BCUT2D eigenvalue weighted by Gasteiger charge is -1.95. The first-order valence-corrected chi connectivity index (χ1v) is 3.61. The SMILES string of the molecule is C=C/C=N\c1ncccc1C=C. The Morgan fingerprint density at radius 1 is 1.42 bits per heavy atom. The van der Waals surface area contributed by atoms with Crippen LogP contribution in [0.4, 0.5) is 5.82 Å². The van der Waals surface area contributed by atoms with Crippen molar-refractivity contribution in [1.82, 2.24) is 4.98 Å². The zero-order valence-electron chi connectivity index (χ0n) is 6.77. The Bertz CT molecular complexity index is 313. The number of rotatable bonds is 3. The highest BCUT2D eigenvalue weighted by atomic mass is 14.9. The number of aliphatic imine (C=N–C) groups is 1. The first kappa shape index (κ1) is 8.40. The smallest absolute Gasteiger partial charge is 0.159 e. The standard InChI is InChI=1S/C10H10N2/c1-3-7-11-10-9(4-2)6-5-8-12-10/h3-8H,1-2H2/b11-7-. The topological polar surface area (TPSA) is 25.2 Å². The minimum atomic E-state index is 0.674. The van der Waals surface area contributed by atoms with Crippen molar-refractivity contribution in [3.8, 4) is 0 Å². The maximum absolute atomic E-state index is 4.07. The lowest BCUT2D eigenvalue weighted by Crippen LogP contribution is -1.78. The van der Waals surface area contributed by atoms with Crippen LogP contribution in [-0.2, 0) is 0 Å². The molecule has 0 atom stereocenters. The Morgan fingerprint density at radius 3 is 2.92 bits per heavy atom. The number of hydrogen-bond donors (Lipinski definition) is 0. The normalized spacial score (nSPS) is 10.0. The van der Waals surface area contributed by atoms with Crippen molar-refractivity contribution in [3.05, 3.63) is 43.1 Å². The fraction of sp³-hybridized carbons (Fsp3) is 0. The van der Waals surface area contributed by atoms with Crippen molar-refractivity contribution >= 4 is 18.1 Å². The molecule has 2 heteroatoms. The van der Waals surface area contributed by atoms with Crippen LogP contribution in [0.25, 0.3) is 6.08 Å². The maximum atomic E-state index is 4.07. The average molecular weight is 158 g/mol. The molecule has 12 heavy (non-hydrogen) atoms. The quantitative estimate of drug-likeness (QED) is 0.621. The van der Waals surface area contributed by atoms with E-state index in [1.54, 1.807) is 24.6 Å². The number of nitrogens with zero attached hydrogens (tertiary/aromatic N) is 2. The Balaban J connectivity index is 3.04. The van der Waals surface area contributed by atoms with Gasteiger partial charge in [-0.25, -0.2) is 9.98 Å². The molecule has 60 valence electrons. The van der Waals surface area contributed by atoms with E-state index in [4.69, 9.17) is 0 Å². The van der Waals surface area contributed by atoms with Crippen molar-refractivity contribution in [2.24, 2.45) is 4.99 Å². The average Bonchev–Trinajstić information content (AvgIpc) is 2.15. The summed E-state index contributed by atoms with van der Waals surface area (Å²) in [6, 6.07) is 3.76. The molecule has 0 saturated heterocycles. The van der Waals surface area contributed by atoms with Crippen LogP contribution in [0.2, 0.25) is 0 Å². The largest absolute Gasteiger partial charge is 0.237 e. The minimum absolute atomic E-state index is 0.674. The highest BCUT2D eigenvalue weighted by Crippen LogP contribution is 2.14. The van der Waals surface area contributed by atoms with Gasteiger partial charge in [-0.1, -0.05) is 25.3 Å². The second kappa shape index (κ2) is 4.23. The molecule has 1 aromatic rings. The van der Waals surface area contributed by atoms with Crippen LogP contribution in [-0.4, -0.2) is 11.2 Å². The van der Waals surface area contributed by atoms with Gasteiger partial charge in [-0.3, -0.25) is 0 Å². The van der Waals surface area contributed by atoms with Crippen LogP contribution in [0.3, 0.4) is 0 Å². The van der Waals surface area contributed by atoms with E-state index in [9.17, 15) is 0 Å². The Labute approximate surface area is 72.0 Å². The Morgan fingerprint density at radius 2 is 2.25 bits per heavy atom. The molecule has 0 bridgehead atoms. The maximum Gasteiger partial charge on any atom is 0.159 e. The van der Waals surface area contributed by atoms with Gasteiger partial charge in [0.1, 0.15) is 0 Å². The first-order chi connectivity index (χ1) is 5.88. The predicted octanol–water partition coefficient (Wildman–Crippen LogP) is 2.61. The summed E-state index contributed by atoms with van der Waals surface area (Å²) in [6.45, 7) is 7.19. The lowest BCUT2D eigenvalue weighted by molar-refractivity contribution is 1.27. The molecular formula is C10H10N2. The van der Waals surface area contributed by atoms with Gasteiger partial charge in [-0.15, -0.1) is 0 Å². The zero-order valence-corrected chi connectivity index (χ0v) is 6.77. The van der Waals surface area contributed by atoms with Crippen LogP contribution < -0.4 is 0 Å². The van der Waals surface area contributed by atoms with Crippen LogP contribution in [0.15, 0.2) is 42.6 Å². The van der Waals surface area contributed by atoms with E-state index in [-0.39, 0.29) is 0 Å². The molecular weight excluding hydrogens is 148 g/mol. The summed E-state index contributed by atoms with van der Waals surface area (Å²) >= 11 is 0. The van der Waals surface area contributed by atoms with Crippen molar-refractivity contribution in [1.29, 1.82) is 0 Å². The molecule has 0 aromatic carbocycles. The third-order valence-electron chi connectivity index (χ3n) is 1.34. The molecule has 0 fully saturated rings. The number of pyridine rings is 1. The summed E-state index contributed by atoms with van der Waals surface area (Å²) < 4.78 is 0. The van der Waals surface area contributed by atoms with E-state index in [0.717, 1.165) is 5.56 Å². The number of hydrogen-bond acceptors (Lipinski definition) is 2. The minimum Gasteiger partial charge on any atom is -0.237 e. The third kappa shape index (κ3) is 1.89. The molecule has 0 saturated carbocycles. The van der Waals surface area contributed by atoms with Gasteiger partial charge in [-0.2, -0.15) is 0 Å². The zero-order chi connectivity index (χ0) is 8.81. The highest BCUT2D eigenvalue weighted by molar-refractivity contribution is 5.75. The van der Waals surface area contributed by atoms with Gasteiger partial charge in [0.15, 0.2) is 5.82 Å². The Hall–Kier alpha value is -1.70. The van der Waals surface area contributed by atoms with E-state index in [0.29, 0.717) is 5.82 Å². The summed E-state index contributed by atoms with van der Waals surface area (Å²) in [4.78, 5) is 8.14. The summed E-state index contributed by atoms with van der Waals surface area (Å²) in [5, 5.41) is 0. The van der Waals surface area contributed by atoms with Gasteiger partial charge in [0.05, 0.1) is 0 Å². The Kier molecular flexibility index (Phi) is 2.96. The van der Waals surface area contributed by atoms with Crippen LogP contribution in [0, 0.1) is 0 Å². The number of aromatic nitrogens is 1. The van der Waals surface area contributed by atoms with Crippen molar-refractivity contribution in [2.75, 3.05) is 0 Å². The summed E-state index contributed by atoms with van der Waals surface area (Å²) in [7, 11) is 0. The summed E-state index contributed by atoms with van der Waals surface area (Å²) in [5.74, 6) is 0.674. The fourth-order valence-electron chi connectivity index (χ4n) is 0.800. The highest BCUT2D eigenvalue weighted by Gasteiger charge is 1.93. The van der Waals surface area contributed by atoms with Crippen LogP contribution in [0.1, 0.15) is 5.56 Å². The lowest BCUT2D eigenvalue weighted by atomic mass is 10.2. The van der Waals surface area contributed by atoms with E-state index >= 15 is 0 Å². The predicted molar refractivity (Wildman–Crippen MR) is 52.7 cm³/mol. The van der Waals surface area contributed by atoms with Crippen LogP contribution in [0.5, 0.6) is 0 Å². The molecule has 0 radical (unpaired) electrons. The van der Waals surface area contributed by atoms with Crippen molar-refractivity contribution < 1.29 is 0 Å². The summed E-state index contributed by atoms with van der Waals surface area (Å²) in [5.41, 5.74) is 0.926. The first-order valence-electron chi connectivity index (χ1n) is 3.61. The molecule has 2 nitrogen and oxygen atoms in total. The molecule has 0 amide bonds. The number of allylic oxidation sites excluding steroid dienone is 1. The van der Waals surface area contributed by atoms with Gasteiger partial charge in [0.25, 0.3) is 0 Å². The van der Waals surface area contributed by atoms with Crippen molar-refractivity contribution in [2.45, 2.75) is 0 Å². The molecule has 0 aliphatic rings. The van der Waals surface area contributed by atoms with Gasteiger partial charge in [-0.05, 0) is 12.1 Å². The monoisotopic (exact) mass is 158 g/mol. The van der Waals surface area contributed by atoms with Gasteiger partial charge < -0.3 is 0 Å². The van der Waals surface area contributed by atoms with E-state index in [1.165, 1.54) is 0 Å². The molecule has 0 aliphatic carbocycles. The van der Waals surface area contributed by atoms with Gasteiger partial charge in [0, 0.05) is 18.0 Å². The fourth-order valence-corrected chi connectivity index (χ4v) is 0.800. The van der Waals surface area contributed by atoms with Crippen LogP contribution >= 0.6 is 0 Å². The van der Waals surface area contributed by atoms with Gasteiger partial charge in [0.2, 0.25) is 0 Å². The third-order valence-corrected chi connectivity index (χ3v) is 1.34. The van der Waals surface area contributed by atoms with Gasteiger partial charge >= 0.3 is 0 Å². The molecule has 0 unspecified atom stereocenters. The molecule has 0 N–H and O–H groups in total. The molecule has 0 aliphatic heterocycles. The molecule has 1 rings (SSSR count). The van der Waals surface area contributed by atoms with Crippen molar-refractivity contribution in [3.63, 3.8) is 0 Å². The second-order valence-corrected chi connectivity index (χ2v) is 2.13. The second-order valence-electron chi connectivity index (χ2n) is 2.13. The van der Waals surface area contributed by atoms with E-state index in [1.807, 2.05) is 12.1 Å². The van der Waals surface area contributed by atoms with E-state index < -0.39 is 0 Å².